The number of ether oxygens (including phenoxy) is 1. The van der Waals surface area contributed by atoms with Crippen molar-refractivity contribution in [2.75, 3.05) is 31.1 Å². The summed E-state index contributed by atoms with van der Waals surface area (Å²) >= 11 is 0. The van der Waals surface area contributed by atoms with E-state index in [2.05, 4.69) is 4.90 Å². The molecule has 1 aromatic carbocycles. The topological polar surface area (TPSA) is 53.0 Å². The molecule has 3 rings (SSSR count). The molecular formula is C12H13FN2O3. The van der Waals surface area contributed by atoms with E-state index in [0.717, 1.165) is 5.69 Å². The average Bonchev–Trinajstić information content (AvgIpc) is 2.26. The lowest BCUT2D eigenvalue weighted by Gasteiger charge is -2.46. The molecule has 1 saturated heterocycles. The Morgan fingerprint density at radius 2 is 2.22 bits per heavy atom. The van der Waals surface area contributed by atoms with Crippen LogP contribution in [0.25, 0.3) is 0 Å². The molecule has 2 aliphatic rings. The molecule has 1 N–H and O–H groups in total. The van der Waals surface area contributed by atoms with Crippen molar-refractivity contribution in [3.8, 4) is 5.75 Å². The summed E-state index contributed by atoms with van der Waals surface area (Å²) in [5.74, 6) is 0.214. The molecule has 2 aliphatic heterocycles. The molecule has 0 unspecified atom stereocenters. The third kappa shape index (κ3) is 1.73. The number of rotatable bonds is 1. The van der Waals surface area contributed by atoms with Gasteiger partial charge in [0.25, 0.3) is 0 Å². The van der Waals surface area contributed by atoms with E-state index in [4.69, 9.17) is 9.84 Å². The first-order valence-electron chi connectivity index (χ1n) is 5.82. The second kappa shape index (κ2) is 4.04. The van der Waals surface area contributed by atoms with Gasteiger partial charge in [0.2, 0.25) is 0 Å². The number of hydrogen-bond donors (Lipinski definition) is 1. The SMILES string of the molecule is O=C(O)N1CC(N2CCOc3cc(F)ccc32)C1. The lowest BCUT2D eigenvalue weighted by molar-refractivity contribution is 0.102. The molecule has 0 aromatic heterocycles. The first-order chi connectivity index (χ1) is 8.65. The fourth-order valence-corrected chi connectivity index (χ4v) is 2.40. The number of anilines is 1. The Morgan fingerprint density at radius 1 is 1.44 bits per heavy atom. The average molecular weight is 252 g/mol. The van der Waals surface area contributed by atoms with Gasteiger partial charge in [0.05, 0.1) is 18.3 Å². The number of carbonyl (C=O) groups is 1. The summed E-state index contributed by atoms with van der Waals surface area (Å²) in [7, 11) is 0. The molecule has 0 spiro atoms. The van der Waals surface area contributed by atoms with Crippen molar-refractivity contribution in [3.63, 3.8) is 0 Å². The van der Waals surface area contributed by atoms with Gasteiger partial charge in [0.1, 0.15) is 18.2 Å². The summed E-state index contributed by atoms with van der Waals surface area (Å²) in [6.07, 6.45) is -0.890. The van der Waals surface area contributed by atoms with Crippen LogP contribution in [0.2, 0.25) is 0 Å². The first kappa shape index (κ1) is 11.1. The second-order valence-corrected chi connectivity index (χ2v) is 4.50. The Bertz CT molecular complexity index is 488. The van der Waals surface area contributed by atoms with E-state index in [9.17, 15) is 9.18 Å². The van der Waals surface area contributed by atoms with Crippen molar-refractivity contribution in [2.24, 2.45) is 0 Å². The van der Waals surface area contributed by atoms with Gasteiger partial charge in [-0.05, 0) is 12.1 Å². The molecule has 1 aromatic rings. The Hall–Kier alpha value is -1.98. The highest BCUT2D eigenvalue weighted by molar-refractivity contribution is 5.68. The van der Waals surface area contributed by atoms with Crippen molar-refractivity contribution in [1.82, 2.24) is 4.90 Å². The quantitative estimate of drug-likeness (QED) is 0.820. The van der Waals surface area contributed by atoms with Gasteiger partial charge in [0, 0.05) is 19.2 Å². The van der Waals surface area contributed by atoms with Crippen LogP contribution >= 0.6 is 0 Å². The van der Waals surface area contributed by atoms with E-state index in [1.165, 1.54) is 17.0 Å². The number of nitrogens with zero attached hydrogens (tertiary/aromatic N) is 2. The van der Waals surface area contributed by atoms with Gasteiger partial charge < -0.3 is 19.6 Å². The number of amides is 1. The van der Waals surface area contributed by atoms with Crippen molar-refractivity contribution >= 4 is 11.8 Å². The maximum atomic E-state index is 13.1. The molecule has 5 nitrogen and oxygen atoms in total. The molecule has 1 amide bonds. The normalized spacial score (nSPS) is 18.9. The van der Waals surface area contributed by atoms with Gasteiger partial charge in [0.15, 0.2) is 0 Å². The molecule has 0 aliphatic carbocycles. The Kier molecular flexibility index (Phi) is 2.50. The molecule has 0 saturated carbocycles. The van der Waals surface area contributed by atoms with Crippen LogP contribution in [0.15, 0.2) is 18.2 Å². The van der Waals surface area contributed by atoms with E-state index < -0.39 is 6.09 Å². The minimum absolute atomic E-state index is 0.161. The Morgan fingerprint density at radius 3 is 2.94 bits per heavy atom. The summed E-state index contributed by atoms with van der Waals surface area (Å²) in [5.41, 5.74) is 0.845. The molecule has 0 bridgehead atoms. The third-order valence-electron chi connectivity index (χ3n) is 3.39. The fraction of sp³-hybridized carbons (Fsp3) is 0.417. The molecule has 18 heavy (non-hydrogen) atoms. The zero-order chi connectivity index (χ0) is 12.7. The van der Waals surface area contributed by atoms with E-state index in [0.29, 0.717) is 32.0 Å². The Balaban J connectivity index is 1.78. The van der Waals surface area contributed by atoms with Gasteiger partial charge in [-0.3, -0.25) is 0 Å². The fourth-order valence-electron chi connectivity index (χ4n) is 2.40. The van der Waals surface area contributed by atoms with Crippen molar-refractivity contribution in [2.45, 2.75) is 6.04 Å². The highest BCUT2D eigenvalue weighted by Gasteiger charge is 2.36. The van der Waals surface area contributed by atoms with E-state index in [-0.39, 0.29) is 11.9 Å². The zero-order valence-corrected chi connectivity index (χ0v) is 9.67. The zero-order valence-electron chi connectivity index (χ0n) is 9.67. The summed E-state index contributed by atoms with van der Waals surface area (Å²) in [4.78, 5) is 14.2. The van der Waals surface area contributed by atoms with Crippen LogP contribution in [-0.4, -0.2) is 48.4 Å². The van der Waals surface area contributed by atoms with Gasteiger partial charge >= 0.3 is 6.09 Å². The van der Waals surface area contributed by atoms with Crippen LogP contribution in [0.4, 0.5) is 14.9 Å². The van der Waals surface area contributed by atoms with Gasteiger partial charge in [-0.15, -0.1) is 0 Å². The van der Waals surface area contributed by atoms with Gasteiger partial charge in [-0.1, -0.05) is 0 Å². The molecule has 0 radical (unpaired) electrons. The monoisotopic (exact) mass is 252 g/mol. The Labute approximate surface area is 103 Å². The van der Waals surface area contributed by atoms with Crippen molar-refractivity contribution in [3.05, 3.63) is 24.0 Å². The van der Waals surface area contributed by atoms with Crippen LogP contribution in [0.3, 0.4) is 0 Å². The largest absolute Gasteiger partial charge is 0.489 e. The van der Waals surface area contributed by atoms with E-state index in [1.54, 1.807) is 6.07 Å². The van der Waals surface area contributed by atoms with Crippen molar-refractivity contribution in [1.29, 1.82) is 0 Å². The summed E-state index contributed by atoms with van der Waals surface area (Å²) in [5, 5.41) is 8.81. The molecule has 0 atom stereocenters. The summed E-state index contributed by atoms with van der Waals surface area (Å²) in [6.45, 7) is 2.19. The van der Waals surface area contributed by atoms with Crippen LogP contribution in [-0.2, 0) is 0 Å². The maximum absolute atomic E-state index is 13.1. The lowest BCUT2D eigenvalue weighted by atomic mass is 10.1. The number of likely N-dealkylation sites (tertiary alicyclic amines) is 1. The van der Waals surface area contributed by atoms with Crippen LogP contribution in [0.1, 0.15) is 0 Å². The third-order valence-corrected chi connectivity index (χ3v) is 3.39. The van der Waals surface area contributed by atoms with E-state index in [1.807, 2.05) is 0 Å². The molecule has 6 heteroatoms. The number of fused-ring (bicyclic) bond motifs is 1. The van der Waals surface area contributed by atoms with Crippen molar-refractivity contribution < 1.29 is 19.0 Å². The number of halogens is 1. The lowest BCUT2D eigenvalue weighted by Crippen LogP contribution is -2.62. The van der Waals surface area contributed by atoms with Crippen LogP contribution in [0, 0.1) is 5.82 Å². The highest BCUT2D eigenvalue weighted by Crippen LogP contribution is 2.35. The predicted octanol–water partition coefficient (Wildman–Crippen LogP) is 1.39. The molecule has 1 fully saturated rings. The standard InChI is InChI=1S/C12H13FN2O3/c13-8-1-2-10-11(5-8)18-4-3-15(10)9-6-14(7-9)12(16)17/h1-2,5,9H,3-4,6-7H2,(H,16,17). The number of carboxylic acid groups (broad SMARTS) is 1. The predicted molar refractivity (Wildman–Crippen MR) is 62.6 cm³/mol. The maximum Gasteiger partial charge on any atom is 0.407 e. The summed E-state index contributed by atoms with van der Waals surface area (Å²) in [6, 6.07) is 4.62. The minimum Gasteiger partial charge on any atom is -0.489 e. The smallest absolute Gasteiger partial charge is 0.407 e. The van der Waals surface area contributed by atoms with Gasteiger partial charge in [-0.2, -0.15) is 0 Å². The number of benzene rings is 1. The van der Waals surface area contributed by atoms with Crippen LogP contribution in [0.5, 0.6) is 5.75 Å². The molecular weight excluding hydrogens is 239 g/mol. The highest BCUT2D eigenvalue weighted by atomic mass is 19.1. The van der Waals surface area contributed by atoms with E-state index >= 15 is 0 Å². The first-order valence-corrected chi connectivity index (χ1v) is 5.82. The molecule has 96 valence electrons. The molecule has 2 heterocycles. The van der Waals surface area contributed by atoms with Crippen LogP contribution < -0.4 is 9.64 Å². The second-order valence-electron chi connectivity index (χ2n) is 4.50. The number of hydrogen-bond acceptors (Lipinski definition) is 3. The van der Waals surface area contributed by atoms with Gasteiger partial charge in [-0.25, -0.2) is 9.18 Å². The summed E-state index contributed by atoms with van der Waals surface area (Å²) < 4.78 is 18.5. The minimum atomic E-state index is -0.890.